The quantitative estimate of drug-likeness (QED) is 0.891. The molecule has 0 radical (unpaired) electrons. The summed E-state index contributed by atoms with van der Waals surface area (Å²) in [5.41, 5.74) is 1.78. The molecule has 1 fully saturated rings. The van der Waals surface area contributed by atoms with Crippen LogP contribution in [0, 0.1) is 11.7 Å². The molecule has 1 aliphatic heterocycles. The predicted octanol–water partition coefficient (Wildman–Crippen LogP) is 3.73. The van der Waals surface area contributed by atoms with Crippen LogP contribution in [0.15, 0.2) is 18.2 Å². The fourth-order valence-corrected chi connectivity index (χ4v) is 2.83. The average molecular weight is 264 g/mol. The van der Waals surface area contributed by atoms with E-state index < -0.39 is 0 Å². The van der Waals surface area contributed by atoms with Crippen molar-refractivity contribution in [3.63, 3.8) is 0 Å². The molecule has 0 aromatic heterocycles. The summed E-state index contributed by atoms with van der Waals surface area (Å²) in [7, 11) is 1.90. The van der Waals surface area contributed by atoms with Crippen LogP contribution in [0.2, 0.25) is 0 Å². The van der Waals surface area contributed by atoms with E-state index in [2.05, 4.69) is 17.1 Å². The van der Waals surface area contributed by atoms with Gasteiger partial charge >= 0.3 is 0 Å². The topological polar surface area (TPSA) is 15.3 Å². The highest BCUT2D eigenvalue weighted by Crippen LogP contribution is 2.28. The van der Waals surface area contributed by atoms with Gasteiger partial charge in [-0.1, -0.05) is 19.4 Å². The van der Waals surface area contributed by atoms with Gasteiger partial charge in [0, 0.05) is 19.1 Å². The van der Waals surface area contributed by atoms with Crippen LogP contribution < -0.4 is 10.2 Å². The molecule has 106 valence electrons. The van der Waals surface area contributed by atoms with E-state index in [4.69, 9.17) is 0 Å². The lowest BCUT2D eigenvalue weighted by atomic mass is 9.95. The van der Waals surface area contributed by atoms with E-state index in [0.717, 1.165) is 24.3 Å². The minimum Gasteiger partial charge on any atom is -0.369 e. The molecule has 3 heteroatoms. The first-order valence-electron chi connectivity index (χ1n) is 7.37. The van der Waals surface area contributed by atoms with E-state index in [1.165, 1.54) is 19.3 Å². The summed E-state index contributed by atoms with van der Waals surface area (Å²) >= 11 is 0. The molecule has 1 saturated heterocycles. The first-order chi connectivity index (χ1) is 9.15. The van der Waals surface area contributed by atoms with Gasteiger partial charge in [0.1, 0.15) is 5.82 Å². The first kappa shape index (κ1) is 14.3. The van der Waals surface area contributed by atoms with E-state index in [1.807, 2.05) is 26.1 Å². The van der Waals surface area contributed by atoms with Crippen LogP contribution in [0.5, 0.6) is 0 Å². The molecule has 19 heavy (non-hydrogen) atoms. The Morgan fingerprint density at radius 1 is 1.47 bits per heavy atom. The molecular weight excluding hydrogens is 239 g/mol. The molecule has 2 rings (SSSR count). The molecule has 1 aliphatic rings. The molecule has 1 heterocycles. The molecule has 2 unspecified atom stereocenters. The SMILES string of the molecule is CCC1CCCN(c2ccc(C(C)NC)cc2F)C1. The molecule has 1 N–H and O–H groups in total. The van der Waals surface area contributed by atoms with E-state index in [1.54, 1.807) is 6.07 Å². The molecule has 1 aromatic rings. The smallest absolute Gasteiger partial charge is 0.146 e. The summed E-state index contributed by atoms with van der Waals surface area (Å²) in [5, 5.41) is 3.14. The fraction of sp³-hybridized carbons (Fsp3) is 0.625. The Balaban J connectivity index is 2.16. The summed E-state index contributed by atoms with van der Waals surface area (Å²) in [6.45, 7) is 6.24. The van der Waals surface area contributed by atoms with Crippen LogP contribution >= 0.6 is 0 Å². The predicted molar refractivity (Wildman–Crippen MR) is 79.1 cm³/mol. The number of halogens is 1. The van der Waals surface area contributed by atoms with E-state index in [0.29, 0.717) is 5.92 Å². The van der Waals surface area contributed by atoms with Crippen LogP contribution in [0.4, 0.5) is 10.1 Å². The largest absolute Gasteiger partial charge is 0.369 e. The Hall–Kier alpha value is -1.09. The van der Waals surface area contributed by atoms with Crippen molar-refractivity contribution in [1.82, 2.24) is 5.32 Å². The molecule has 0 amide bonds. The summed E-state index contributed by atoms with van der Waals surface area (Å²) in [6.07, 6.45) is 3.64. The van der Waals surface area contributed by atoms with Gasteiger partial charge in [0.2, 0.25) is 0 Å². The van der Waals surface area contributed by atoms with Crippen LogP contribution in [0.3, 0.4) is 0 Å². The minimum atomic E-state index is -0.0867. The van der Waals surface area contributed by atoms with Gasteiger partial charge in [-0.15, -0.1) is 0 Å². The van der Waals surface area contributed by atoms with Gasteiger partial charge in [-0.3, -0.25) is 0 Å². The zero-order valence-corrected chi connectivity index (χ0v) is 12.2. The zero-order valence-electron chi connectivity index (χ0n) is 12.2. The van der Waals surface area contributed by atoms with Gasteiger partial charge in [0.25, 0.3) is 0 Å². The second-order valence-electron chi connectivity index (χ2n) is 5.58. The number of nitrogens with zero attached hydrogens (tertiary/aromatic N) is 1. The Bertz CT molecular complexity index is 419. The lowest BCUT2D eigenvalue weighted by Crippen LogP contribution is -2.35. The third kappa shape index (κ3) is 3.27. The highest BCUT2D eigenvalue weighted by atomic mass is 19.1. The Morgan fingerprint density at radius 3 is 2.89 bits per heavy atom. The number of rotatable bonds is 4. The molecule has 2 nitrogen and oxygen atoms in total. The van der Waals surface area contributed by atoms with E-state index in [-0.39, 0.29) is 11.9 Å². The zero-order chi connectivity index (χ0) is 13.8. The second kappa shape index (κ2) is 6.38. The number of anilines is 1. The van der Waals surface area contributed by atoms with Gasteiger partial charge in [-0.05, 0) is 50.4 Å². The number of hydrogen-bond acceptors (Lipinski definition) is 2. The number of benzene rings is 1. The molecule has 0 spiro atoms. The molecule has 0 saturated carbocycles. The normalized spacial score (nSPS) is 21.5. The Morgan fingerprint density at radius 2 is 2.26 bits per heavy atom. The third-order valence-electron chi connectivity index (χ3n) is 4.34. The molecule has 0 bridgehead atoms. The minimum absolute atomic E-state index is 0.0867. The van der Waals surface area contributed by atoms with Crippen LogP contribution in [0.1, 0.15) is 44.7 Å². The van der Waals surface area contributed by atoms with Gasteiger partial charge in [0.05, 0.1) is 5.69 Å². The van der Waals surface area contributed by atoms with E-state index in [9.17, 15) is 4.39 Å². The van der Waals surface area contributed by atoms with Crippen LogP contribution in [-0.2, 0) is 0 Å². The van der Waals surface area contributed by atoms with Crippen molar-refractivity contribution in [1.29, 1.82) is 0 Å². The van der Waals surface area contributed by atoms with Crippen molar-refractivity contribution in [3.05, 3.63) is 29.6 Å². The Kier molecular flexibility index (Phi) is 4.81. The van der Waals surface area contributed by atoms with Crippen LogP contribution in [-0.4, -0.2) is 20.1 Å². The van der Waals surface area contributed by atoms with Gasteiger partial charge in [0.15, 0.2) is 0 Å². The van der Waals surface area contributed by atoms with Crippen molar-refractivity contribution in [2.24, 2.45) is 5.92 Å². The van der Waals surface area contributed by atoms with Crippen molar-refractivity contribution in [2.45, 2.75) is 39.2 Å². The monoisotopic (exact) mass is 264 g/mol. The van der Waals surface area contributed by atoms with Gasteiger partial charge < -0.3 is 10.2 Å². The maximum absolute atomic E-state index is 14.3. The summed E-state index contributed by atoms with van der Waals surface area (Å²) in [6, 6.07) is 5.84. The van der Waals surface area contributed by atoms with E-state index >= 15 is 0 Å². The number of piperidine rings is 1. The first-order valence-corrected chi connectivity index (χ1v) is 7.37. The summed E-state index contributed by atoms with van der Waals surface area (Å²) in [5.74, 6) is 0.625. The maximum Gasteiger partial charge on any atom is 0.146 e. The fourth-order valence-electron chi connectivity index (χ4n) is 2.83. The maximum atomic E-state index is 14.3. The molecule has 1 aromatic carbocycles. The molecule has 2 atom stereocenters. The molecular formula is C16H25FN2. The van der Waals surface area contributed by atoms with Gasteiger partial charge in [-0.2, -0.15) is 0 Å². The Labute approximate surface area is 116 Å². The molecule has 0 aliphatic carbocycles. The summed E-state index contributed by atoms with van der Waals surface area (Å²) < 4.78 is 14.3. The lowest BCUT2D eigenvalue weighted by molar-refractivity contribution is 0.401. The van der Waals surface area contributed by atoms with Crippen LogP contribution in [0.25, 0.3) is 0 Å². The van der Waals surface area contributed by atoms with Crippen molar-refractivity contribution in [2.75, 3.05) is 25.0 Å². The van der Waals surface area contributed by atoms with Crippen molar-refractivity contribution in [3.8, 4) is 0 Å². The second-order valence-corrected chi connectivity index (χ2v) is 5.58. The summed E-state index contributed by atoms with van der Waals surface area (Å²) in [4.78, 5) is 2.21. The lowest BCUT2D eigenvalue weighted by Gasteiger charge is -2.34. The number of nitrogens with one attached hydrogen (secondary N) is 1. The number of hydrogen-bond donors (Lipinski definition) is 1. The standard InChI is InChI=1S/C16H25FN2/c1-4-13-6-5-9-19(11-13)16-8-7-14(10-15(16)17)12(2)18-3/h7-8,10,12-13,18H,4-6,9,11H2,1-3H3. The van der Waals surface area contributed by atoms with Crippen molar-refractivity contribution < 1.29 is 4.39 Å². The highest BCUT2D eigenvalue weighted by molar-refractivity contribution is 5.50. The third-order valence-corrected chi connectivity index (χ3v) is 4.34. The van der Waals surface area contributed by atoms with Gasteiger partial charge in [-0.25, -0.2) is 4.39 Å². The van der Waals surface area contributed by atoms with Crippen molar-refractivity contribution >= 4 is 5.69 Å². The average Bonchev–Trinajstić information content (AvgIpc) is 2.46. The highest BCUT2D eigenvalue weighted by Gasteiger charge is 2.21.